The summed E-state index contributed by atoms with van der Waals surface area (Å²) in [6, 6.07) is 26.6. The van der Waals surface area contributed by atoms with Crippen molar-refractivity contribution in [1.29, 1.82) is 0 Å². The number of unbranched alkanes of at least 4 members (excludes halogenated alkanes) is 1. The topological polar surface area (TPSA) is 23.6 Å². The molecule has 1 saturated heterocycles. The Hall–Kier alpha value is -2.91. The Morgan fingerprint density at radius 1 is 0.794 bits per heavy atom. The molecule has 3 heteroatoms. The van der Waals surface area contributed by atoms with Crippen molar-refractivity contribution in [2.45, 2.75) is 57.0 Å². The Kier molecular flexibility index (Phi) is 5.53. The van der Waals surface area contributed by atoms with Crippen molar-refractivity contribution in [3.05, 3.63) is 95.1 Å². The molecule has 0 aromatic heterocycles. The van der Waals surface area contributed by atoms with Crippen LogP contribution >= 0.6 is 0 Å². The summed E-state index contributed by atoms with van der Waals surface area (Å²) in [6.45, 7) is 6.28. The number of carbonyl (C=O) groups excluding carboxylic acids is 1. The predicted octanol–water partition coefficient (Wildman–Crippen LogP) is 6.26. The molecule has 2 aliphatic heterocycles. The Morgan fingerprint density at radius 3 is 2.06 bits per heavy atom. The van der Waals surface area contributed by atoms with Crippen LogP contribution in [0.15, 0.2) is 72.8 Å². The van der Waals surface area contributed by atoms with E-state index in [0.29, 0.717) is 6.04 Å². The van der Waals surface area contributed by atoms with Crippen molar-refractivity contribution in [3.8, 4) is 11.1 Å². The third-order valence-corrected chi connectivity index (χ3v) is 8.41. The van der Waals surface area contributed by atoms with E-state index in [1.54, 1.807) is 0 Å². The number of carbonyl (C=O) groups is 1. The molecule has 0 radical (unpaired) electrons. The average molecular weight is 451 g/mol. The van der Waals surface area contributed by atoms with Gasteiger partial charge in [-0.3, -0.25) is 9.69 Å². The highest BCUT2D eigenvalue weighted by atomic mass is 16.2. The molecule has 34 heavy (non-hydrogen) atoms. The molecular formula is C31H34N2O. The molecule has 0 atom stereocenters. The number of hydrogen-bond acceptors (Lipinski definition) is 2. The lowest BCUT2D eigenvalue weighted by Crippen LogP contribution is -2.59. The normalized spacial score (nSPS) is 18.5. The van der Waals surface area contributed by atoms with Crippen LogP contribution in [0.2, 0.25) is 0 Å². The van der Waals surface area contributed by atoms with Gasteiger partial charge in [-0.1, -0.05) is 86.5 Å². The number of amides is 1. The molecule has 3 aromatic rings. The van der Waals surface area contributed by atoms with E-state index in [4.69, 9.17) is 0 Å². The minimum atomic E-state index is 0.160. The highest BCUT2D eigenvalue weighted by Crippen LogP contribution is 2.53. The molecule has 0 saturated carbocycles. The van der Waals surface area contributed by atoms with Gasteiger partial charge in [-0.25, -0.2) is 0 Å². The van der Waals surface area contributed by atoms with Gasteiger partial charge in [0.15, 0.2) is 0 Å². The van der Waals surface area contributed by atoms with E-state index in [-0.39, 0.29) is 11.3 Å². The number of rotatable bonds is 8. The molecule has 0 bridgehead atoms. The van der Waals surface area contributed by atoms with Crippen LogP contribution in [-0.4, -0.2) is 41.4 Å². The van der Waals surface area contributed by atoms with E-state index < -0.39 is 0 Å². The summed E-state index contributed by atoms with van der Waals surface area (Å²) in [5.74, 6) is 0.223. The van der Waals surface area contributed by atoms with Crippen molar-refractivity contribution >= 4 is 5.91 Å². The Bertz CT molecular complexity index is 1160. The second-order valence-electron chi connectivity index (χ2n) is 10.4. The molecule has 0 N–H and O–H groups in total. The molecule has 174 valence electrons. The maximum atomic E-state index is 12.8. The van der Waals surface area contributed by atoms with Crippen molar-refractivity contribution in [3.63, 3.8) is 0 Å². The first-order valence-corrected chi connectivity index (χ1v) is 13.0. The van der Waals surface area contributed by atoms with Crippen LogP contribution in [0.5, 0.6) is 0 Å². The van der Waals surface area contributed by atoms with Gasteiger partial charge < -0.3 is 4.90 Å². The van der Waals surface area contributed by atoms with Crippen LogP contribution in [-0.2, 0) is 12.0 Å². The number of nitrogens with zero attached hydrogens (tertiary/aromatic N) is 2. The van der Waals surface area contributed by atoms with Crippen molar-refractivity contribution in [2.24, 2.45) is 0 Å². The first-order valence-electron chi connectivity index (χ1n) is 13.0. The molecule has 1 fully saturated rings. The van der Waals surface area contributed by atoms with Gasteiger partial charge >= 0.3 is 0 Å². The molecule has 3 aliphatic rings. The summed E-state index contributed by atoms with van der Waals surface area (Å²) in [5, 5.41) is 0. The molecule has 3 aromatic carbocycles. The second kappa shape index (κ2) is 8.70. The fourth-order valence-electron chi connectivity index (χ4n) is 6.76. The van der Waals surface area contributed by atoms with Crippen LogP contribution in [0.25, 0.3) is 11.1 Å². The van der Waals surface area contributed by atoms with Gasteiger partial charge in [-0.05, 0) is 59.7 Å². The van der Waals surface area contributed by atoms with Crippen LogP contribution in [0.3, 0.4) is 0 Å². The number of likely N-dealkylation sites (tertiary alicyclic amines) is 1. The van der Waals surface area contributed by atoms with E-state index in [0.717, 1.165) is 31.7 Å². The molecule has 1 amide bonds. The van der Waals surface area contributed by atoms with E-state index in [9.17, 15) is 4.79 Å². The van der Waals surface area contributed by atoms with Gasteiger partial charge in [0.2, 0.25) is 0 Å². The third-order valence-electron chi connectivity index (χ3n) is 8.41. The average Bonchev–Trinajstić information content (AvgIpc) is 3.32. The summed E-state index contributed by atoms with van der Waals surface area (Å²) in [7, 11) is 0. The first kappa shape index (κ1) is 21.6. The quantitative estimate of drug-likeness (QED) is 0.378. The summed E-state index contributed by atoms with van der Waals surface area (Å²) in [5.41, 5.74) is 8.20. The lowest BCUT2D eigenvalue weighted by molar-refractivity contribution is 0.0279. The van der Waals surface area contributed by atoms with E-state index >= 15 is 0 Å². The van der Waals surface area contributed by atoms with Crippen molar-refractivity contribution in [2.75, 3.05) is 19.6 Å². The van der Waals surface area contributed by atoms with Crippen LogP contribution < -0.4 is 0 Å². The molecule has 6 rings (SSSR count). The fourth-order valence-corrected chi connectivity index (χ4v) is 6.76. The maximum Gasteiger partial charge on any atom is 0.254 e. The van der Waals surface area contributed by atoms with Crippen LogP contribution in [0.4, 0.5) is 0 Å². The highest BCUT2D eigenvalue weighted by Gasteiger charge is 2.42. The first-order chi connectivity index (χ1) is 16.7. The monoisotopic (exact) mass is 450 g/mol. The zero-order chi connectivity index (χ0) is 23.1. The number of benzene rings is 3. The summed E-state index contributed by atoms with van der Waals surface area (Å²) >= 11 is 0. The predicted molar refractivity (Wildman–Crippen MR) is 138 cm³/mol. The van der Waals surface area contributed by atoms with E-state index in [1.807, 2.05) is 18.2 Å². The Balaban J connectivity index is 1.07. The Morgan fingerprint density at radius 2 is 1.41 bits per heavy atom. The van der Waals surface area contributed by atoms with Crippen molar-refractivity contribution < 1.29 is 4.79 Å². The van der Waals surface area contributed by atoms with Gasteiger partial charge in [0.05, 0.1) is 6.04 Å². The highest BCUT2D eigenvalue weighted by molar-refractivity contribution is 5.98. The minimum absolute atomic E-state index is 0.160. The molecule has 3 nitrogen and oxygen atoms in total. The van der Waals surface area contributed by atoms with Gasteiger partial charge in [-0.15, -0.1) is 0 Å². The van der Waals surface area contributed by atoms with Gasteiger partial charge in [0.25, 0.3) is 5.91 Å². The summed E-state index contributed by atoms with van der Waals surface area (Å²) in [6.07, 6.45) is 6.08. The second-order valence-corrected chi connectivity index (χ2v) is 10.4. The third kappa shape index (κ3) is 3.41. The maximum absolute atomic E-state index is 12.8. The minimum Gasteiger partial charge on any atom is -0.329 e. The van der Waals surface area contributed by atoms with Crippen LogP contribution in [0, 0.1) is 0 Å². The largest absolute Gasteiger partial charge is 0.329 e. The summed E-state index contributed by atoms with van der Waals surface area (Å²) < 4.78 is 0. The molecule has 1 aliphatic carbocycles. The molecular weight excluding hydrogens is 416 g/mol. The van der Waals surface area contributed by atoms with Gasteiger partial charge in [-0.2, -0.15) is 0 Å². The van der Waals surface area contributed by atoms with E-state index in [2.05, 4.69) is 71.3 Å². The zero-order valence-electron chi connectivity index (χ0n) is 20.2. The lowest BCUT2D eigenvalue weighted by atomic mass is 9.71. The van der Waals surface area contributed by atoms with Crippen molar-refractivity contribution in [1.82, 2.24) is 9.80 Å². The zero-order valence-corrected chi connectivity index (χ0v) is 20.2. The standard InChI is InChI=1S/C31H34N2O/c1-2-17-31(28-15-7-5-13-26(28)27-14-6-8-16-29(27)31)18-9-10-19-32-21-24(22-32)33-20-23-11-3-4-12-25(23)30(33)34/h3-8,11-16,24H,2,9-10,17-22H2,1H3. The summed E-state index contributed by atoms with van der Waals surface area (Å²) in [4.78, 5) is 17.4. The van der Waals surface area contributed by atoms with Crippen LogP contribution in [0.1, 0.15) is 66.1 Å². The SMILES string of the molecule is CCCC1(CCCCN2CC(N3Cc4ccccc4C3=O)C2)c2ccccc2-c2ccccc21. The van der Waals surface area contributed by atoms with Gasteiger partial charge in [0.1, 0.15) is 0 Å². The molecule has 0 unspecified atom stereocenters. The molecule has 2 heterocycles. The smallest absolute Gasteiger partial charge is 0.254 e. The van der Waals surface area contributed by atoms with E-state index in [1.165, 1.54) is 59.9 Å². The van der Waals surface area contributed by atoms with Gasteiger partial charge in [0, 0.05) is 30.6 Å². The number of fused-ring (bicyclic) bond motifs is 4. The Labute approximate surface area is 203 Å². The lowest BCUT2D eigenvalue weighted by Gasteiger charge is -2.44. The number of hydrogen-bond donors (Lipinski definition) is 0. The molecule has 0 spiro atoms. The fraction of sp³-hybridized carbons (Fsp3) is 0.387.